The molecule has 2 heterocycles. The number of likely N-dealkylation sites (tertiary alicyclic amines) is 1. The third-order valence-electron chi connectivity index (χ3n) is 3.66. The lowest BCUT2D eigenvalue weighted by atomic mass is 9.98. The Morgan fingerprint density at radius 1 is 1.48 bits per heavy atom. The lowest BCUT2D eigenvalue weighted by Gasteiger charge is -2.31. The molecule has 1 aliphatic heterocycles. The highest BCUT2D eigenvalue weighted by molar-refractivity contribution is 5.94. The van der Waals surface area contributed by atoms with Crippen LogP contribution in [-0.4, -0.2) is 46.5 Å². The smallest absolute Gasteiger partial charge is 0.310 e. The fourth-order valence-electron chi connectivity index (χ4n) is 2.54. The monoisotopic (exact) mass is 295 g/mol. The molecule has 8 heteroatoms. The van der Waals surface area contributed by atoms with Crippen LogP contribution in [0.1, 0.15) is 23.3 Å². The molecule has 8 nitrogen and oxygen atoms in total. The van der Waals surface area contributed by atoms with Crippen molar-refractivity contribution in [1.29, 1.82) is 0 Å². The molecule has 114 valence electrons. The number of hydrogen-bond acceptors (Lipinski definition) is 5. The number of nitrogens with zero attached hydrogens (tertiary/aromatic N) is 3. The van der Waals surface area contributed by atoms with Gasteiger partial charge in [0.1, 0.15) is 5.69 Å². The molecule has 1 atom stereocenters. The molecule has 1 aromatic heterocycles. The number of aryl methyl sites for hydroxylation is 1. The Hall–Kier alpha value is -2.38. The first-order valence-electron chi connectivity index (χ1n) is 6.62. The highest BCUT2D eigenvalue weighted by atomic mass is 16.6. The van der Waals surface area contributed by atoms with Crippen molar-refractivity contribution in [2.24, 2.45) is 13.0 Å². The molecule has 1 saturated heterocycles. The van der Waals surface area contributed by atoms with E-state index in [1.165, 1.54) is 23.9 Å². The summed E-state index contributed by atoms with van der Waals surface area (Å²) in [6.07, 6.45) is 2.69. The van der Waals surface area contributed by atoms with Crippen LogP contribution in [0.3, 0.4) is 0 Å². The summed E-state index contributed by atoms with van der Waals surface area (Å²) >= 11 is 0. The molecule has 0 aliphatic carbocycles. The maximum Gasteiger partial charge on any atom is 0.310 e. The quantitative estimate of drug-likeness (QED) is 0.470. The van der Waals surface area contributed by atoms with Crippen molar-refractivity contribution < 1.29 is 19.2 Å². The molecule has 0 spiro atoms. The Balaban J connectivity index is 2.16. The average molecular weight is 295 g/mol. The summed E-state index contributed by atoms with van der Waals surface area (Å²) in [5, 5.41) is 10.8. The van der Waals surface area contributed by atoms with Crippen molar-refractivity contribution in [3.8, 4) is 0 Å². The van der Waals surface area contributed by atoms with Gasteiger partial charge in [-0.3, -0.25) is 19.7 Å². The van der Waals surface area contributed by atoms with Crippen molar-refractivity contribution in [1.82, 2.24) is 9.47 Å². The minimum absolute atomic E-state index is 0.123. The second-order valence-corrected chi connectivity index (χ2v) is 5.07. The van der Waals surface area contributed by atoms with Crippen LogP contribution in [0.5, 0.6) is 0 Å². The van der Waals surface area contributed by atoms with Crippen molar-refractivity contribution in [3.63, 3.8) is 0 Å². The Kier molecular flexibility index (Phi) is 4.25. The van der Waals surface area contributed by atoms with Gasteiger partial charge < -0.3 is 14.2 Å². The van der Waals surface area contributed by atoms with Crippen LogP contribution < -0.4 is 0 Å². The third-order valence-corrected chi connectivity index (χ3v) is 3.66. The number of rotatable bonds is 3. The number of methoxy groups -OCH3 is 1. The molecule has 2 rings (SSSR count). The Morgan fingerprint density at radius 3 is 2.76 bits per heavy atom. The molecule has 1 amide bonds. The van der Waals surface area contributed by atoms with Gasteiger partial charge in [-0.15, -0.1) is 0 Å². The van der Waals surface area contributed by atoms with Crippen LogP contribution >= 0.6 is 0 Å². The molecule has 0 N–H and O–H groups in total. The minimum atomic E-state index is -0.537. The second-order valence-electron chi connectivity index (χ2n) is 5.07. The summed E-state index contributed by atoms with van der Waals surface area (Å²) in [6, 6.07) is 1.25. The van der Waals surface area contributed by atoms with Gasteiger partial charge in [0.2, 0.25) is 0 Å². The number of esters is 1. The van der Waals surface area contributed by atoms with E-state index >= 15 is 0 Å². The van der Waals surface area contributed by atoms with Gasteiger partial charge in [0.05, 0.1) is 24.1 Å². The van der Waals surface area contributed by atoms with E-state index in [9.17, 15) is 19.7 Å². The fraction of sp³-hybridized carbons (Fsp3) is 0.538. The molecule has 0 unspecified atom stereocenters. The summed E-state index contributed by atoms with van der Waals surface area (Å²) in [4.78, 5) is 35.8. The Bertz CT molecular complexity index is 580. The molecular formula is C13H17N3O5. The van der Waals surface area contributed by atoms with Gasteiger partial charge in [-0.1, -0.05) is 0 Å². The lowest BCUT2D eigenvalue weighted by molar-refractivity contribution is -0.384. The van der Waals surface area contributed by atoms with E-state index in [1.54, 1.807) is 11.9 Å². The molecule has 0 radical (unpaired) electrons. The SMILES string of the molecule is COC(=O)[C@H]1CCCN(C(=O)c2cc([N+](=O)[O-])cn2C)C1. The van der Waals surface area contributed by atoms with E-state index in [2.05, 4.69) is 0 Å². The predicted octanol–water partition coefficient (Wildman–Crippen LogP) is 0.958. The maximum atomic E-state index is 12.4. The standard InChI is InChI=1S/C13H17N3O5/c1-14-8-10(16(19)20)6-11(14)12(17)15-5-3-4-9(7-15)13(18)21-2/h6,8-9H,3-5,7H2,1-2H3/t9-/m0/s1. The molecule has 0 bridgehead atoms. The van der Waals surface area contributed by atoms with E-state index in [1.807, 2.05) is 0 Å². The van der Waals surface area contributed by atoms with E-state index in [4.69, 9.17) is 4.74 Å². The van der Waals surface area contributed by atoms with Gasteiger partial charge in [-0.25, -0.2) is 0 Å². The van der Waals surface area contributed by atoms with Gasteiger partial charge in [0.15, 0.2) is 0 Å². The molecule has 0 aromatic carbocycles. The summed E-state index contributed by atoms with van der Waals surface area (Å²) in [5.41, 5.74) is 0.120. The van der Waals surface area contributed by atoms with Crippen molar-refractivity contribution in [3.05, 3.63) is 28.1 Å². The van der Waals surface area contributed by atoms with Crippen LogP contribution in [0.4, 0.5) is 5.69 Å². The zero-order chi connectivity index (χ0) is 15.6. The second kappa shape index (κ2) is 5.94. The number of piperidine rings is 1. The van der Waals surface area contributed by atoms with E-state index in [0.29, 0.717) is 19.4 Å². The van der Waals surface area contributed by atoms with Gasteiger partial charge in [0.25, 0.3) is 11.6 Å². The number of aromatic nitrogens is 1. The number of amides is 1. The first-order chi connectivity index (χ1) is 9.93. The van der Waals surface area contributed by atoms with Crippen LogP contribution in [0.2, 0.25) is 0 Å². The molecule has 1 fully saturated rings. The molecule has 21 heavy (non-hydrogen) atoms. The van der Waals surface area contributed by atoms with Crippen LogP contribution in [0.15, 0.2) is 12.3 Å². The van der Waals surface area contributed by atoms with Gasteiger partial charge >= 0.3 is 5.97 Å². The third kappa shape index (κ3) is 3.04. The first-order valence-corrected chi connectivity index (χ1v) is 6.62. The molecular weight excluding hydrogens is 278 g/mol. The minimum Gasteiger partial charge on any atom is -0.469 e. The zero-order valence-electron chi connectivity index (χ0n) is 11.9. The Labute approximate surface area is 121 Å². The summed E-state index contributed by atoms with van der Waals surface area (Å²) < 4.78 is 6.14. The Morgan fingerprint density at radius 2 is 2.19 bits per heavy atom. The van der Waals surface area contributed by atoms with Gasteiger partial charge in [0, 0.05) is 26.2 Å². The summed E-state index contributed by atoms with van der Waals surface area (Å²) in [6.45, 7) is 0.815. The normalized spacial score (nSPS) is 18.4. The van der Waals surface area contributed by atoms with Crippen molar-refractivity contribution in [2.75, 3.05) is 20.2 Å². The number of hydrogen-bond donors (Lipinski definition) is 0. The first kappa shape index (κ1) is 15.0. The van der Waals surface area contributed by atoms with E-state index in [-0.39, 0.29) is 35.7 Å². The van der Waals surface area contributed by atoms with Crippen molar-refractivity contribution >= 4 is 17.6 Å². The molecule has 1 aliphatic rings. The van der Waals surface area contributed by atoms with E-state index < -0.39 is 4.92 Å². The molecule has 0 saturated carbocycles. The fourth-order valence-corrected chi connectivity index (χ4v) is 2.54. The topological polar surface area (TPSA) is 94.7 Å². The summed E-state index contributed by atoms with van der Waals surface area (Å²) in [7, 11) is 2.91. The average Bonchev–Trinajstić information content (AvgIpc) is 2.88. The van der Waals surface area contributed by atoms with Crippen LogP contribution in [0, 0.1) is 16.0 Å². The largest absolute Gasteiger partial charge is 0.469 e. The number of nitro groups is 1. The van der Waals surface area contributed by atoms with Crippen molar-refractivity contribution in [2.45, 2.75) is 12.8 Å². The van der Waals surface area contributed by atoms with Gasteiger partial charge in [-0.05, 0) is 12.8 Å². The van der Waals surface area contributed by atoms with Crippen LogP contribution in [-0.2, 0) is 16.6 Å². The number of ether oxygens (including phenoxy) is 1. The van der Waals surface area contributed by atoms with Crippen LogP contribution in [0.25, 0.3) is 0 Å². The zero-order valence-corrected chi connectivity index (χ0v) is 11.9. The number of carbonyl (C=O) groups excluding carboxylic acids is 2. The van der Waals surface area contributed by atoms with E-state index in [0.717, 1.165) is 0 Å². The highest BCUT2D eigenvalue weighted by Crippen LogP contribution is 2.22. The summed E-state index contributed by atoms with van der Waals surface area (Å²) in [5.74, 6) is -0.965. The highest BCUT2D eigenvalue weighted by Gasteiger charge is 2.31. The van der Waals surface area contributed by atoms with Gasteiger partial charge in [-0.2, -0.15) is 0 Å². The predicted molar refractivity (Wildman–Crippen MR) is 72.7 cm³/mol. The maximum absolute atomic E-state index is 12.4. The number of carbonyl (C=O) groups is 2. The lowest BCUT2D eigenvalue weighted by Crippen LogP contribution is -2.43. The molecule has 1 aromatic rings.